The van der Waals surface area contributed by atoms with Gasteiger partial charge in [-0.1, -0.05) is 133 Å². The van der Waals surface area contributed by atoms with E-state index in [-0.39, 0.29) is 11.6 Å². The summed E-state index contributed by atoms with van der Waals surface area (Å²) in [5, 5.41) is 14.1. The van der Waals surface area contributed by atoms with Gasteiger partial charge in [0.05, 0.1) is 56.2 Å². The summed E-state index contributed by atoms with van der Waals surface area (Å²) in [4.78, 5) is 0. The SMILES string of the molecule is N#Cc1ccc(-c2ccc(-c3ccc(C(F)(F)F)cc3C(F)(F)F)cc2-n2c3ccccc3c3cc(-c4ccccc4)ccc32)c(-n2c3ccccc3c3cc(-c4ccccc4)ccc32)c1. The van der Waals surface area contributed by atoms with E-state index in [1.165, 1.54) is 6.07 Å². The standard InChI is InChI=1S/C57H33F6N3/c58-56(59,60)41-23-26-42(49(33-41)57(61,62)63)40-20-25-46(55(32-40)66-51-18-10-8-16-44(51)48-31-39(22-28-53(48)66)37-13-5-2-6-14-37)45-24-19-35(34-64)29-54(45)65-50-17-9-7-15-43(50)47-30-38(21-27-52(47)65)36-11-3-1-4-12-36/h1-33H. The zero-order valence-corrected chi connectivity index (χ0v) is 34.7. The van der Waals surface area contributed by atoms with E-state index in [0.29, 0.717) is 34.1 Å². The lowest BCUT2D eigenvalue weighted by molar-refractivity contribution is -0.142. The molecule has 0 saturated heterocycles. The molecular formula is C57H33F6N3. The van der Waals surface area contributed by atoms with Gasteiger partial charge in [-0.05, 0) is 100 Å². The molecule has 0 radical (unpaired) electrons. The van der Waals surface area contributed by atoms with Gasteiger partial charge in [-0.25, -0.2) is 0 Å². The number of benzene rings is 9. The van der Waals surface area contributed by atoms with E-state index in [4.69, 9.17) is 0 Å². The maximum atomic E-state index is 14.9. The smallest absolute Gasteiger partial charge is 0.309 e. The second-order valence-electron chi connectivity index (χ2n) is 16.2. The highest BCUT2D eigenvalue weighted by atomic mass is 19.4. The number of nitrogens with zero attached hydrogens (tertiary/aromatic N) is 3. The predicted octanol–water partition coefficient (Wildman–Crippen LogP) is 16.5. The molecule has 0 amide bonds. The molecule has 0 aliphatic carbocycles. The van der Waals surface area contributed by atoms with Crippen LogP contribution in [0.1, 0.15) is 16.7 Å². The molecule has 0 atom stereocenters. The third-order valence-corrected chi connectivity index (χ3v) is 12.4. The highest BCUT2D eigenvalue weighted by Crippen LogP contribution is 2.46. The minimum atomic E-state index is -5.10. The van der Waals surface area contributed by atoms with E-state index >= 15 is 0 Å². The summed E-state index contributed by atoms with van der Waals surface area (Å²) in [6, 6.07) is 62.5. The topological polar surface area (TPSA) is 33.6 Å². The number of hydrogen-bond donors (Lipinski definition) is 0. The Morgan fingerprint density at radius 1 is 0.348 bits per heavy atom. The maximum Gasteiger partial charge on any atom is 0.417 e. The lowest BCUT2D eigenvalue weighted by Crippen LogP contribution is -2.12. The van der Waals surface area contributed by atoms with Crippen LogP contribution in [0, 0.1) is 11.3 Å². The van der Waals surface area contributed by atoms with Crippen molar-refractivity contribution in [1.29, 1.82) is 5.26 Å². The van der Waals surface area contributed by atoms with Gasteiger partial charge in [-0.2, -0.15) is 31.6 Å². The summed E-state index contributed by atoms with van der Waals surface area (Å²) in [6.07, 6.45) is -10.1. The first-order valence-corrected chi connectivity index (χ1v) is 21.1. The fourth-order valence-corrected chi connectivity index (χ4v) is 9.42. The van der Waals surface area contributed by atoms with Gasteiger partial charge in [0.25, 0.3) is 0 Å². The Balaban J connectivity index is 1.22. The molecule has 0 spiro atoms. The van der Waals surface area contributed by atoms with Crippen LogP contribution in [-0.4, -0.2) is 9.13 Å². The zero-order chi connectivity index (χ0) is 45.3. The number of rotatable bonds is 6. The van der Waals surface area contributed by atoms with Crippen molar-refractivity contribution in [3.63, 3.8) is 0 Å². The summed E-state index contributed by atoms with van der Waals surface area (Å²) < 4.78 is 90.5. The Bertz CT molecular complexity index is 3740. The van der Waals surface area contributed by atoms with E-state index in [0.717, 1.165) is 71.9 Å². The number of aromatic nitrogens is 2. The number of fused-ring (bicyclic) bond motifs is 6. The van der Waals surface area contributed by atoms with Gasteiger partial charge in [-0.15, -0.1) is 0 Å². The van der Waals surface area contributed by atoms with E-state index in [2.05, 4.69) is 53.1 Å². The van der Waals surface area contributed by atoms with Crippen molar-refractivity contribution in [3.8, 4) is 62.0 Å². The number of halogens is 6. The summed E-state index contributed by atoms with van der Waals surface area (Å²) in [5.74, 6) is 0. The first-order chi connectivity index (χ1) is 32.0. The fourth-order valence-electron chi connectivity index (χ4n) is 9.42. The Labute approximate surface area is 374 Å². The molecule has 0 aliphatic rings. The average Bonchev–Trinajstić information content (AvgIpc) is 3.85. The molecule has 0 bridgehead atoms. The van der Waals surface area contributed by atoms with Gasteiger partial charge in [0, 0.05) is 32.7 Å². The number of nitriles is 1. The predicted molar refractivity (Wildman–Crippen MR) is 252 cm³/mol. The first-order valence-electron chi connectivity index (χ1n) is 21.1. The zero-order valence-electron chi connectivity index (χ0n) is 34.7. The van der Waals surface area contributed by atoms with E-state index in [9.17, 15) is 31.6 Å². The minimum Gasteiger partial charge on any atom is -0.309 e. The third kappa shape index (κ3) is 6.77. The van der Waals surface area contributed by atoms with Crippen molar-refractivity contribution in [2.24, 2.45) is 0 Å². The summed E-state index contributed by atoms with van der Waals surface area (Å²) in [6.45, 7) is 0. The van der Waals surface area contributed by atoms with Crippen LogP contribution >= 0.6 is 0 Å². The summed E-state index contributed by atoms with van der Waals surface area (Å²) in [7, 11) is 0. The van der Waals surface area contributed by atoms with E-state index < -0.39 is 29.0 Å². The molecular weight excluding hydrogens is 841 g/mol. The summed E-state index contributed by atoms with van der Waals surface area (Å²) >= 11 is 0. The van der Waals surface area contributed by atoms with Crippen molar-refractivity contribution in [1.82, 2.24) is 9.13 Å². The highest BCUT2D eigenvalue weighted by molar-refractivity contribution is 6.13. The molecule has 9 heteroatoms. The maximum absolute atomic E-state index is 14.9. The monoisotopic (exact) mass is 873 g/mol. The van der Waals surface area contributed by atoms with Crippen LogP contribution in [0.2, 0.25) is 0 Å². The van der Waals surface area contributed by atoms with Crippen LogP contribution in [0.4, 0.5) is 26.3 Å². The number of hydrogen-bond acceptors (Lipinski definition) is 1. The normalized spacial score (nSPS) is 12.1. The van der Waals surface area contributed by atoms with Gasteiger partial charge < -0.3 is 9.13 Å². The van der Waals surface area contributed by atoms with Crippen molar-refractivity contribution < 1.29 is 26.3 Å². The first kappa shape index (κ1) is 40.4. The van der Waals surface area contributed by atoms with Gasteiger partial charge in [0.2, 0.25) is 0 Å². The Kier molecular flexibility index (Phi) is 9.45. The van der Waals surface area contributed by atoms with Crippen LogP contribution in [-0.2, 0) is 12.4 Å². The number of para-hydroxylation sites is 2. The lowest BCUT2D eigenvalue weighted by atomic mass is 9.92. The third-order valence-electron chi connectivity index (χ3n) is 12.4. The second-order valence-corrected chi connectivity index (χ2v) is 16.2. The van der Waals surface area contributed by atoms with Crippen LogP contribution in [0.3, 0.4) is 0 Å². The molecule has 9 aromatic carbocycles. The van der Waals surface area contributed by atoms with Gasteiger partial charge in [0.1, 0.15) is 0 Å². The van der Waals surface area contributed by atoms with Crippen LogP contribution < -0.4 is 0 Å². The molecule has 0 fully saturated rings. The Morgan fingerprint density at radius 3 is 1.32 bits per heavy atom. The average molecular weight is 874 g/mol. The van der Waals surface area contributed by atoms with Crippen LogP contribution in [0.25, 0.3) is 99.5 Å². The molecule has 11 aromatic rings. The summed E-state index contributed by atoms with van der Waals surface area (Å²) in [5.41, 5.74) is 7.01. The van der Waals surface area contributed by atoms with Crippen molar-refractivity contribution in [2.75, 3.05) is 0 Å². The van der Waals surface area contributed by atoms with Crippen molar-refractivity contribution >= 4 is 43.6 Å². The van der Waals surface area contributed by atoms with E-state index in [1.54, 1.807) is 18.2 Å². The van der Waals surface area contributed by atoms with E-state index in [1.807, 2.05) is 120 Å². The van der Waals surface area contributed by atoms with Crippen molar-refractivity contribution in [3.05, 3.63) is 217 Å². The van der Waals surface area contributed by atoms with Crippen molar-refractivity contribution in [2.45, 2.75) is 12.4 Å². The molecule has 0 aliphatic heterocycles. The van der Waals surface area contributed by atoms with Gasteiger partial charge in [0.15, 0.2) is 0 Å². The Hall–Kier alpha value is -8.35. The molecule has 66 heavy (non-hydrogen) atoms. The minimum absolute atomic E-state index is 0.0714. The second kappa shape index (κ2) is 15.4. The van der Waals surface area contributed by atoms with Gasteiger partial charge in [-0.3, -0.25) is 0 Å². The highest BCUT2D eigenvalue weighted by Gasteiger charge is 2.38. The molecule has 2 aromatic heterocycles. The molecule has 3 nitrogen and oxygen atoms in total. The lowest BCUT2D eigenvalue weighted by Gasteiger charge is -2.21. The van der Waals surface area contributed by atoms with Crippen LogP contribution in [0.15, 0.2) is 200 Å². The fraction of sp³-hybridized carbons (Fsp3) is 0.0351. The molecule has 0 unspecified atom stereocenters. The molecule has 11 rings (SSSR count). The molecule has 2 heterocycles. The molecule has 318 valence electrons. The quantitative estimate of drug-likeness (QED) is 0.153. The largest absolute Gasteiger partial charge is 0.417 e. The molecule has 0 saturated carbocycles. The van der Waals surface area contributed by atoms with Gasteiger partial charge >= 0.3 is 12.4 Å². The number of alkyl halides is 6. The Morgan fingerprint density at radius 2 is 0.803 bits per heavy atom. The molecule has 0 N–H and O–H groups in total. The van der Waals surface area contributed by atoms with Crippen LogP contribution in [0.5, 0.6) is 0 Å².